The van der Waals surface area contributed by atoms with Gasteiger partial charge in [0, 0.05) is 12.3 Å². The standard InChI is InChI=1S/C25H33FO6S/c1-15-8-9-20-16(2)22(29-23-25(20)19(15)10-11-24(3,30-23)31-32-25)33-13-5-12-28-21(27)17-6-4-7-18(26)14-17/h4,6-7,14-16,19-20,22-23H,5,8-13H2,1-3H3/t15-,16-,19+,20+,22+,23-,24+,25-/m1/s1. The first kappa shape index (κ1) is 23.5. The van der Waals surface area contributed by atoms with Crippen molar-refractivity contribution < 1.29 is 33.2 Å². The Morgan fingerprint density at radius 2 is 2.06 bits per heavy atom. The first-order valence-electron chi connectivity index (χ1n) is 12.1. The van der Waals surface area contributed by atoms with Crippen LogP contribution in [0.1, 0.15) is 63.2 Å². The number of fused-ring (bicyclic) bond motifs is 2. The van der Waals surface area contributed by atoms with Crippen LogP contribution in [0.2, 0.25) is 0 Å². The van der Waals surface area contributed by atoms with E-state index in [9.17, 15) is 9.18 Å². The van der Waals surface area contributed by atoms with Gasteiger partial charge in [0.15, 0.2) is 11.9 Å². The molecule has 5 fully saturated rings. The number of benzene rings is 1. The van der Waals surface area contributed by atoms with Gasteiger partial charge >= 0.3 is 5.97 Å². The average molecular weight is 481 g/mol. The normalized spacial score (nSPS) is 41.8. The lowest BCUT2D eigenvalue weighted by molar-refractivity contribution is -0.568. The van der Waals surface area contributed by atoms with Gasteiger partial charge in [-0.1, -0.05) is 19.9 Å². The minimum atomic E-state index is -0.765. The minimum absolute atomic E-state index is 0.0230. The lowest BCUT2D eigenvalue weighted by Gasteiger charge is -2.60. The number of rotatable bonds is 6. The van der Waals surface area contributed by atoms with E-state index in [-0.39, 0.29) is 23.5 Å². The predicted octanol–water partition coefficient (Wildman–Crippen LogP) is 5.31. The van der Waals surface area contributed by atoms with E-state index in [0.29, 0.717) is 24.2 Å². The van der Waals surface area contributed by atoms with Crippen LogP contribution in [0, 0.1) is 29.5 Å². The fourth-order valence-corrected chi connectivity index (χ4v) is 7.37. The summed E-state index contributed by atoms with van der Waals surface area (Å²) in [5.74, 6) is 0.572. The van der Waals surface area contributed by atoms with Crippen molar-refractivity contribution in [3.63, 3.8) is 0 Å². The van der Waals surface area contributed by atoms with Gasteiger partial charge in [0.25, 0.3) is 0 Å². The highest BCUT2D eigenvalue weighted by molar-refractivity contribution is 7.99. The third-order valence-electron chi connectivity index (χ3n) is 7.96. The van der Waals surface area contributed by atoms with Gasteiger partial charge in [-0.2, -0.15) is 0 Å². The molecule has 0 radical (unpaired) electrons. The summed E-state index contributed by atoms with van der Waals surface area (Å²) in [5.41, 5.74) is -0.329. The van der Waals surface area contributed by atoms with Crippen molar-refractivity contribution in [2.45, 2.75) is 76.0 Å². The Hall–Kier alpha value is -1.19. The second-order valence-electron chi connectivity index (χ2n) is 10.1. The second-order valence-corrected chi connectivity index (χ2v) is 11.4. The Bertz CT molecular complexity index is 884. The van der Waals surface area contributed by atoms with Crippen molar-refractivity contribution in [3.8, 4) is 0 Å². The second kappa shape index (κ2) is 9.11. The molecule has 33 heavy (non-hydrogen) atoms. The Kier molecular flexibility index (Phi) is 6.50. The van der Waals surface area contributed by atoms with Gasteiger partial charge in [0.2, 0.25) is 5.79 Å². The molecule has 4 saturated heterocycles. The van der Waals surface area contributed by atoms with Gasteiger partial charge in [0.05, 0.1) is 12.2 Å². The molecule has 6 rings (SSSR count). The van der Waals surface area contributed by atoms with Crippen LogP contribution in [-0.2, 0) is 24.0 Å². The van der Waals surface area contributed by atoms with Crippen LogP contribution >= 0.6 is 11.8 Å². The molecule has 0 aromatic heterocycles. The van der Waals surface area contributed by atoms with E-state index in [1.54, 1.807) is 17.8 Å². The Morgan fingerprint density at radius 3 is 2.88 bits per heavy atom. The summed E-state index contributed by atoms with van der Waals surface area (Å²) in [4.78, 5) is 24.1. The van der Waals surface area contributed by atoms with E-state index < -0.39 is 29.5 Å². The monoisotopic (exact) mass is 480 g/mol. The summed E-state index contributed by atoms with van der Waals surface area (Å²) < 4.78 is 31.5. The fourth-order valence-electron chi connectivity index (χ4n) is 6.18. The smallest absolute Gasteiger partial charge is 0.338 e. The van der Waals surface area contributed by atoms with Crippen LogP contribution in [0.3, 0.4) is 0 Å². The number of halogens is 1. The highest BCUT2D eigenvalue weighted by Gasteiger charge is 2.69. The van der Waals surface area contributed by atoms with Crippen LogP contribution in [-0.4, -0.2) is 41.4 Å². The fraction of sp³-hybridized carbons (Fsp3) is 0.720. The molecule has 5 aliphatic rings. The molecule has 0 amide bonds. The molecule has 1 aromatic rings. The number of hydrogen-bond donors (Lipinski definition) is 0. The Balaban J connectivity index is 1.19. The zero-order valence-electron chi connectivity index (χ0n) is 19.5. The summed E-state index contributed by atoms with van der Waals surface area (Å²) in [7, 11) is 0. The number of carbonyl (C=O) groups excluding carboxylic acids is 1. The van der Waals surface area contributed by atoms with Crippen molar-refractivity contribution in [2.75, 3.05) is 12.4 Å². The molecule has 1 saturated carbocycles. The van der Waals surface area contributed by atoms with Gasteiger partial charge in [-0.25, -0.2) is 19.0 Å². The zero-order chi connectivity index (χ0) is 23.2. The number of thioether (sulfide) groups is 1. The average Bonchev–Trinajstić information content (AvgIpc) is 3.02. The van der Waals surface area contributed by atoms with E-state index in [2.05, 4.69) is 13.8 Å². The highest BCUT2D eigenvalue weighted by atomic mass is 32.2. The molecule has 8 atom stereocenters. The number of esters is 1. The maximum Gasteiger partial charge on any atom is 0.338 e. The van der Waals surface area contributed by atoms with Crippen LogP contribution < -0.4 is 0 Å². The van der Waals surface area contributed by atoms with Crippen molar-refractivity contribution in [1.29, 1.82) is 0 Å². The molecule has 4 aliphatic heterocycles. The van der Waals surface area contributed by atoms with Gasteiger partial charge in [-0.05, 0) is 74.3 Å². The minimum Gasteiger partial charge on any atom is -0.462 e. The summed E-state index contributed by atoms with van der Waals surface area (Å²) in [6.45, 7) is 6.78. The topological polar surface area (TPSA) is 63.2 Å². The van der Waals surface area contributed by atoms with Gasteiger partial charge in [-0.3, -0.25) is 0 Å². The van der Waals surface area contributed by atoms with Crippen LogP contribution in [0.25, 0.3) is 0 Å². The van der Waals surface area contributed by atoms with Crippen LogP contribution in [0.4, 0.5) is 4.39 Å². The number of carbonyl (C=O) groups is 1. The van der Waals surface area contributed by atoms with E-state index >= 15 is 0 Å². The Morgan fingerprint density at radius 1 is 1.21 bits per heavy atom. The highest BCUT2D eigenvalue weighted by Crippen LogP contribution is 2.61. The van der Waals surface area contributed by atoms with Crippen molar-refractivity contribution in [1.82, 2.24) is 0 Å². The van der Waals surface area contributed by atoms with E-state index in [1.807, 2.05) is 6.92 Å². The summed E-state index contributed by atoms with van der Waals surface area (Å²) in [6, 6.07) is 5.55. The lowest BCUT2D eigenvalue weighted by Crippen LogP contribution is -2.70. The SMILES string of the molecule is C[C@H]1[C@H](SCCCOC(=O)c2cccc(F)c2)O[C@@H]2O[C@]3(C)CC[C@H]4[C@H](C)CC[C@@H]1[C@@]24OO3. The zero-order valence-corrected chi connectivity index (χ0v) is 20.3. The molecule has 1 spiro atoms. The van der Waals surface area contributed by atoms with E-state index in [0.717, 1.165) is 25.0 Å². The lowest BCUT2D eigenvalue weighted by atomic mass is 9.58. The third kappa shape index (κ3) is 4.22. The molecule has 0 unspecified atom stereocenters. The molecule has 1 aromatic carbocycles. The van der Waals surface area contributed by atoms with Crippen LogP contribution in [0.5, 0.6) is 0 Å². The van der Waals surface area contributed by atoms with Gasteiger partial charge in [0.1, 0.15) is 11.3 Å². The molecule has 2 bridgehead atoms. The van der Waals surface area contributed by atoms with E-state index in [4.69, 9.17) is 24.0 Å². The van der Waals surface area contributed by atoms with Gasteiger partial charge in [-0.15, -0.1) is 11.8 Å². The predicted molar refractivity (Wildman–Crippen MR) is 121 cm³/mol. The maximum atomic E-state index is 13.3. The molecular formula is C25H33FO6S. The van der Waals surface area contributed by atoms with Crippen molar-refractivity contribution in [3.05, 3.63) is 35.6 Å². The van der Waals surface area contributed by atoms with E-state index in [1.165, 1.54) is 24.6 Å². The summed E-state index contributed by atoms with van der Waals surface area (Å²) in [6.07, 6.45) is 4.34. The van der Waals surface area contributed by atoms with Crippen LogP contribution in [0.15, 0.2) is 24.3 Å². The maximum absolute atomic E-state index is 13.3. The first-order valence-corrected chi connectivity index (χ1v) is 13.1. The quantitative estimate of drug-likeness (QED) is 0.310. The molecule has 182 valence electrons. The van der Waals surface area contributed by atoms with Crippen molar-refractivity contribution in [2.24, 2.45) is 23.7 Å². The molecule has 6 nitrogen and oxygen atoms in total. The number of hydrogen-bond acceptors (Lipinski definition) is 7. The molecule has 8 heteroatoms. The van der Waals surface area contributed by atoms with Gasteiger partial charge < -0.3 is 14.2 Å². The third-order valence-corrected chi connectivity index (χ3v) is 9.35. The van der Waals surface area contributed by atoms with Crippen molar-refractivity contribution >= 4 is 17.7 Å². The molecule has 4 heterocycles. The summed E-state index contributed by atoms with van der Waals surface area (Å²) in [5, 5.41) is 0. The molecule has 0 N–H and O–H groups in total. The molecular weight excluding hydrogens is 447 g/mol. The largest absolute Gasteiger partial charge is 0.462 e. The number of ether oxygens (including phenoxy) is 3. The Labute approximate surface area is 198 Å². The summed E-state index contributed by atoms with van der Waals surface area (Å²) >= 11 is 1.74. The molecule has 1 aliphatic carbocycles. The first-order chi connectivity index (χ1) is 15.8.